The lowest BCUT2D eigenvalue weighted by Crippen LogP contribution is -2.56. The van der Waals surface area contributed by atoms with Crippen LogP contribution in [0.2, 0.25) is 0 Å². The van der Waals surface area contributed by atoms with Crippen molar-refractivity contribution in [3.8, 4) is 0 Å². The molecule has 0 spiro atoms. The maximum absolute atomic E-state index is 12.6. The first-order valence-electron chi connectivity index (χ1n) is 7.72. The van der Waals surface area contributed by atoms with E-state index in [1.807, 2.05) is 14.7 Å². The standard InChI is InChI=1S/C14H25N3O4/c18-10-2-5-17(12-3-1-4-12)14(21)16-8-6-15(7-9-16)11-13(19)20/h12,18H,1-11H2,(H,19,20). The van der Waals surface area contributed by atoms with Gasteiger partial charge in [0.15, 0.2) is 0 Å². The number of piperazine rings is 1. The van der Waals surface area contributed by atoms with Gasteiger partial charge in [-0.2, -0.15) is 0 Å². The lowest BCUT2D eigenvalue weighted by molar-refractivity contribution is -0.138. The molecule has 2 fully saturated rings. The van der Waals surface area contributed by atoms with E-state index in [1.54, 1.807) is 0 Å². The molecular formula is C14H25N3O4. The first-order valence-corrected chi connectivity index (χ1v) is 7.72. The van der Waals surface area contributed by atoms with Crippen molar-refractivity contribution in [2.75, 3.05) is 45.9 Å². The molecule has 1 saturated heterocycles. The molecule has 1 heterocycles. The molecule has 0 aromatic heterocycles. The molecule has 0 atom stereocenters. The summed E-state index contributed by atoms with van der Waals surface area (Å²) < 4.78 is 0. The van der Waals surface area contributed by atoms with Crippen molar-refractivity contribution < 1.29 is 19.8 Å². The van der Waals surface area contributed by atoms with Gasteiger partial charge >= 0.3 is 12.0 Å². The second-order valence-corrected chi connectivity index (χ2v) is 5.79. The van der Waals surface area contributed by atoms with Crippen molar-refractivity contribution in [2.45, 2.75) is 31.7 Å². The monoisotopic (exact) mass is 299 g/mol. The van der Waals surface area contributed by atoms with Gasteiger partial charge in [0.2, 0.25) is 0 Å². The number of carbonyl (C=O) groups is 2. The van der Waals surface area contributed by atoms with Crippen LogP contribution in [0.5, 0.6) is 0 Å². The van der Waals surface area contributed by atoms with Crippen LogP contribution in [0.15, 0.2) is 0 Å². The molecule has 2 N–H and O–H groups in total. The maximum atomic E-state index is 12.6. The van der Waals surface area contributed by atoms with Gasteiger partial charge in [-0.1, -0.05) is 0 Å². The molecule has 1 aliphatic carbocycles. The molecule has 7 nitrogen and oxygen atoms in total. The average molecular weight is 299 g/mol. The molecule has 21 heavy (non-hydrogen) atoms. The SMILES string of the molecule is O=C(O)CN1CCN(C(=O)N(CCCO)C2CCC2)CC1. The van der Waals surface area contributed by atoms with Crippen LogP contribution in [-0.4, -0.2) is 88.8 Å². The van der Waals surface area contributed by atoms with E-state index in [1.165, 1.54) is 6.42 Å². The normalized spacial score (nSPS) is 20.1. The molecule has 0 bridgehead atoms. The smallest absolute Gasteiger partial charge is 0.320 e. The van der Waals surface area contributed by atoms with Crippen LogP contribution in [0.25, 0.3) is 0 Å². The Bertz CT molecular complexity index is 365. The van der Waals surface area contributed by atoms with E-state index < -0.39 is 5.97 Å². The summed E-state index contributed by atoms with van der Waals surface area (Å²) in [6.07, 6.45) is 3.88. The number of hydrogen-bond acceptors (Lipinski definition) is 4. The Labute approximate surface area is 125 Å². The van der Waals surface area contributed by atoms with E-state index in [-0.39, 0.29) is 19.2 Å². The minimum Gasteiger partial charge on any atom is -0.480 e. The molecule has 120 valence electrons. The highest BCUT2D eigenvalue weighted by Gasteiger charge is 2.32. The van der Waals surface area contributed by atoms with Crippen molar-refractivity contribution in [3.63, 3.8) is 0 Å². The predicted molar refractivity (Wildman–Crippen MR) is 77.1 cm³/mol. The summed E-state index contributed by atoms with van der Waals surface area (Å²) in [5, 5.41) is 17.8. The minimum atomic E-state index is -0.825. The molecule has 2 aliphatic rings. The Morgan fingerprint density at radius 3 is 2.29 bits per heavy atom. The van der Waals surface area contributed by atoms with E-state index in [2.05, 4.69) is 0 Å². The Balaban J connectivity index is 1.84. The summed E-state index contributed by atoms with van der Waals surface area (Å²) in [4.78, 5) is 28.9. The molecule has 2 rings (SSSR count). The fourth-order valence-corrected chi connectivity index (χ4v) is 2.84. The number of hydrogen-bond donors (Lipinski definition) is 2. The Morgan fingerprint density at radius 2 is 1.81 bits per heavy atom. The van der Waals surface area contributed by atoms with E-state index in [4.69, 9.17) is 10.2 Å². The molecule has 0 aromatic carbocycles. The van der Waals surface area contributed by atoms with Crippen LogP contribution in [0, 0.1) is 0 Å². The summed E-state index contributed by atoms with van der Waals surface area (Å²) in [6.45, 7) is 3.12. The third kappa shape index (κ3) is 4.31. The Kier molecular flexibility index (Phi) is 5.81. The number of amides is 2. The number of nitrogens with zero attached hydrogens (tertiary/aromatic N) is 3. The van der Waals surface area contributed by atoms with Gasteiger partial charge in [0.1, 0.15) is 0 Å². The van der Waals surface area contributed by atoms with Crippen molar-refractivity contribution in [2.24, 2.45) is 0 Å². The zero-order valence-corrected chi connectivity index (χ0v) is 12.4. The van der Waals surface area contributed by atoms with E-state index in [0.29, 0.717) is 45.2 Å². The number of carbonyl (C=O) groups excluding carboxylic acids is 1. The van der Waals surface area contributed by atoms with Crippen LogP contribution in [0.4, 0.5) is 4.79 Å². The minimum absolute atomic E-state index is 0.0406. The predicted octanol–water partition coefficient (Wildman–Crippen LogP) is 0.0455. The van der Waals surface area contributed by atoms with Gasteiger partial charge in [-0.05, 0) is 25.7 Å². The van der Waals surface area contributed by atoms with E-state index in [0.717, 1.165) is 12.8 Å². The number of aliphatic hydroxyl groups is 1. The fourth-order valence-electron chi connectivity index (χ4n) is 2.84. The number of carboxylic acids is 1. The zero-order valence-electron chi connectivity index (χ0n) is 12.4. The van der Waals surface area contributed by atoms with Gasteiger partial charge in [0, 0.05) is 45.4 Å². The second kappa shape index (κ2) is 7.61. The maximum Gasteiger partial charge on any atom is 0.320 e. The number of aliphatic hydroxyl groups excluding tert-OH is 1. The average Bonchev–Trinajstić information content (AvgIpc) is 2.40. The summed E-state index contributed by atoms with van der Waals surface area (Å²) in [5.74, 6) is -0.825. The Morgan fingerprint density at radius 1 is 1.14 bits per heavy atom. The number of rotatable bonds is 6. The van der Waals surface area contributed by atoms with Gasteiger partial charge < -0.3 is 20.0 Å². The summed E-state index contributed by atoms with van der Waals surface area (Å²) >= 11 is 0. The van der Waals surface area contributed by atoms with Gasteiger partial charge in [-0.3, -0.25) is 9.69 Å². The van der Waals surface area contributed by atoms with Gasteiger partial charge in [0.05, 0.1) is 6.54 Å². The van der Waals surface area contributed by atoms with E-state index in [9.17, 15) is 9.59 Å². The number of urea groups is 1. The molecule has 0 aromatic rings. The quantitative estimate of drug-likeness (QED) is 0.724. The summed E-state index contributed by atoms with van der Waals surface area (Å²) in [5.41, 5.74) is 0. The highest BCUT2D eigenvalue weighted by molar-refractivity contribution is 5.75. The second-order valence-electron chi connectivity index (χ2n) is 5.79. The van der Waals surface area contributed by atoms with Crippen LogP contribution in [0.3, 0.4) is 0 Å². The van der Waals surface area contributed by atoms with Gasteiger partial charge in [-0.25, -0.2) is 4.79 Å². The van der Waals surface area contributed by atoms with Crippen LogP contribution < -0.4 is 0 Å². The molecule has 0 unspecified atom stereocenters. The lowest BCUT2D eigenvalue weighted by atomic mass is 9.91. The van der Waals surface area contributed by atoms with Crippen LogP contribution in [0.1, 0.15) is 25.7 Å². The highest BCUT2D eigenvalue weighted by atomic mass is 16.4. The highest BCUT2D eigenvalue weighted by Crippen LogP contribution is 2.26. The van der Waals surface area contributed by atoms with Crippen LogP contribution >= 0.6 is 0 Å². The third-order valence-electron chi connectivity index (χ3n) is 4.32. The van der Waals surface area contributed by atoms with Gasteiger partial charge in [0.25, 0.3) is 0 Å². The topological polar surface area (TPSA) is 84.3 Å². The third-order valence-corrected chi connectivity index (χ3v) is 4.32. The van der Waals surface area contributed by atoms with Crippen molar-refractivity contribution in [1.82, 2.24) is 14.7 Å². The number of aliphatic carboxylic acids is 1. The molecule has 1 saturated carbocycles. The lowest BCUT2D eigenvalue weighted by Gasteiger charge is -2.42. The molecular weight excluding hydrogens is 274 g/mol. The first-order chi connectivity index (χ1) is 10.1. The fraction of sp³-hybridized carbons (Fsp3) is 0.857. The molecule has 0 radical (unpaired) electrons. The summed E-state index contributed by atoms with van der Waals surface area (Å²) in [7, 11) is 0. The van der Waals surface area contributed by atoms with E-state index >= 15 is 0 Å². The van der Waals surface area contributed by atoms with Crippen LogP contribution in [-0.2, 0) is 4.79 Å². The summed E-state index contributed by atoms with van der Waals surface area (Å²) in [6, 6.07) is 0.365. The first kappa shape index (κ1) is 16.0. The molecule has 1 aliphatic heterocycles. The number of carboxylic acid groups (broad SMARTS) is 1. The largest absolute Gasteiger partial charge is 0.480 e. The zero-order chi connectivity index (χ0) is 15.2. The molecule has 7 heteroatoms. The Hall–Kier alpha value is -1.34. The van der Waals surface area contributed by atoms with Crippen molar-refractivity contribution in [3.05, 3.63) is 0 Å². The van der Waals surface area contributed by atoms with Crippen molar-refractivity contribution in [1.29, 1.82) is 0 Å². The van der Waals surface area contributed by atoms with Gasteiger partial charge in [-0.15, -0.1) is 0 Å². The molecule has 2 amide bonds. The van der Waals surface area contributed by atoms with Crippen molar-refractivity contribution >= 4 is 12.0 Å².